The average Bonchev–Trinajstić information content (AvgIpc) is 3.61. The number of hydrogen-bond donors (Lipinski definition) is 3. The van der Waals surface area contributed by atoms with Crippen molar-refractivity contribution in [2.75, 3.05) is 23.8 Å². The number of rotatable bonds is 14. The maximum absolute atomic E-state index is 14.4. The number of thioether (sulfide) groups is 1. The van der Waals surface area contributed by atoms with Gasteiger partial charge < -0.3 is 20.7 Å². The molecule has 0 radical (unpaired) electrons. The Morgan fingerprint density at radius 1 is 0.850 bits per heavy atom. The van der Waals surface area contributed by atoms with Gasteiger partial charge in [0, 0.05) is 50.7 Å². The first-order valence-electron chi connectivity index (χ1n) is 19.2. The van der Waals surface area contributed by atoms with Crippen LogP contribution in [0.1, 0.15) is 60.0 Å². The van der Waals surface area contributed by atoms with Gasteiger partial charge in [-0.15, -0.1) is 23.1 Å². The van der Waals surface area contributed by atoms with Crippen LogP contribution in [0, 0.1) is 0 Å². The van der Waals surface area contributed by atoms with E-state index in [9.17, 15) is 19.2 Å². The largest absolute Gasteiger partial charge is 0.462 e. The highest BCUT2D eigenvalue weighted by Gasteiger charge is 2.32. The first-order chi connectivity index (χ1) is 29.1. The van der Waals surface area contributed by atoms with Gasteiger partial charge in [0.2, 0.25) is 5.91 Å². The van der Waals surface area contributed by atoms with Gasteiger partial charge >= 0.3 is 5.97 Å². The summed E-state index contributed by atoms with van der Waals surface area (Å²) < 4.78 is 5.51. The Hall–Kier alpha value is -5.69. The van der Waals surface area contributed by atoms with Crippen LogP contribution < -0.4 is 16.0 Å². The molecule has 1 aliphatic rings. The number of esters is 1. The van der Waals surface area contributed by atoms with Crippen LogP contribution in [0.4, 0.5) is 10.7 Å². The van der Waals surface area contributed by atoms with E-state index < -0.39 is 23.0 Å². The standard InChI is InChI=1S/C47H40Cl2N4O5S2/c1-2-58-47(57)41-37-23-24-53(28-30-13-6-3-7-14-30)29-40(37)60-46(41)52-45(56)42(31-15-8-4-9-16-31)59-36-20-12-19-35(27-36)50-44(55)39(25-33-21-22-34(48)26-38(33)49)51-43(54)32-17-10-5-11-18-32/h3-22,25-27,42H,2,23-24,28-29H2,1H3,(H,50,55)(H,51,54)(H,52,56)/b39-25+. The predicted molar refractivity (Wildman–Crippen MR) is 242 cm³/mol. The Balaban J connectivity index is 1.13. The highest BCUT2D eigenvalue weighted by molar-refractivity contribution is 8.00. The topological polar surface area (TPSA) is 117 Å². The van der Waals surface area contributed by atoms with Crippen LogP contribution in [-0.4, -0.2) is 41.7 Å². The normalized spacial score (nSPS) is 13.2. The van der Waals surface area contributed by atoms with E-state index in [1.807, 2.05) is 54.6 Å². The summed E-state index contributed by atoms with van der Waals surface area (Å²) in [7, 11) is 0. The third kappa shape index (κ3) is 10.7. The Bertz CT molecular complexity index is 2530. The minimum atomic E-state index is -0.742. The molecule has 0 fully saturated rings. The van der Waals surface area contributed by atoms with Gasteiger partial charge in [0.1, 0.15) is 15.9 Å². The molecule has 0 bridgehead atoms. The van der Waals surface area contributed by atoms with Gasteiger partial charge in [-0.1, -0.05) is 114 Å². The number of fused-ring (bicyclic) bond motifs is 1. The fourth-order valence-electron chi connectivity index (χ4n) is 6.72. The molecule has 60 heavy (non-hydrogen) atoms. The Labute approximate surface area is 366 Å². The molecule has 0 saturated carbocycles. The van der Waals surface area contributed by atoms with E-state index in [1.165, 1.54) is 34.7 Å². The molecule has 7 rings (SSSR count). The molecule has 0 spiro atoms. The van der Waals surface area contributed by atoms with E-state index >= 15 is 0 Å². The molecule has 304 valence electrons. The van der Waals surface area contributed by atoms with Crippen molar-refractivity contribution in [3.05, 3.63) is 187 Å². The third-order valence-corrected chi connectivity index (χ3v) is 12.5. The molecule has 1 aliphatic heterocycles. The zero-order chi connectivity index (χ0) is 42.0. The number of carbonyl (C=O) groups is 4. The lowest BCUT2D eigenvalue weighted by Gasteiger charge is -2.27. The molecule has 6 aromatic rings. The monoisotopic (exact) mass is 874 g/mol. The minimum Gasteiger partial charge on any atom is -0.462 e. The zero-order valence-corrected chi connectivity index (χ0v) is 35.6. The number of benzene rings is 5. The lowest BCUT2D eigenvalue weighted by atomic mass is 10.0. The first-order valence-corrected chi connectivity index (χ1v) is 21.7. The van der Waals surface area contributed by atoms with E-state index in [0.29, 0.717) is 55.3 Å². The van der Waals surface area contributed by atoms with Crippen molar-refractivity contribution >= 4 is 86.8 Å². The highest BCUT2D eigenvalue weighted by atomic mass is 35.5. The number of amides is 3. The smallest absolute Gasteiger partial charge is 0.341 e. The van der Waals surface area contributed by atoms with Gasteiger partial charge in [-0.05, 0) is 84.1 Å². The summed E-state index contributed by atoms with van der Waals surface area (Å²) in [5.41, 5.74) is 4.49. The second kappa shape index (κ2) is 20.0. The quantitative estimate of drug-likeness (QED) is 0.0567. The summed E-state index contributed by atoms with van der Waals surface area (Å²) in [6.07, 6.45) is 2.13. The maximum atomic E-state index is 14.4. The SMILES string of the molecule is CCOC(=O)c1c(NC(=O)C(Sc2cccc(NC(=O)/C(=C\c3ccc(Cl)cc3Cl)NC(=O)c3ccccc3)c2)c2ccccc2)sc2c1CCN(Cc1ccccc1)C2. The van der Waals surface area contributed by atoms with Crippen molar-refractivity contribution in [1.82, 2.24) is 10.2 Å². The molecule has 2 heterocycles. The predicted octanol–water partition coefficient (Wildman–Crippen LogP) is 10.7. The van der Waals surface area contributed by atoms with Crippen LogP contribution in [0.5, 0.6) is 0 Å². The second-order valence-corrected chi connectivity index (χ2v) is 16.9. The molecule has 3 N–H and O–H groups in total. The average molecular weight is 876 g/mol. The molecule has 13 heteroatoms. The number of hydrogen-bond acceptors (Lipinski definition) is 8. The van der Waals surface area contributed by atoms with E-state index in [2.05, 4.69) is 33.0 Å². The molecule has 5 aromatic carbocycles. The summed E-state index contributed by atoms with van der Waals surface area (Å²) in [5, 5.41) is 9.18. The zero-order valence-electron chi connectivity index (χ0n) is 32.5. The van der Waals surface area contributed by atoms with Gasteiger partial charge in [0.05, 0.1) is 12.2 Å². The second-order valence-electron chi connectivity index (χ2n) is 13.8. The fraction of sp³-hybridized carbons (Fsp3) is 0.149. The van der Waals surface area contributed by atoms with Crippen LogP contribution in [0.2, 0.25) is 10.0 Å². The van der Waals surface area contributed by atoms with E-state index in [0.717, 1.165) is 29.1 Å². The van der Waals surface area contributed by atoms with Crippen molar-refractivity contribution in [3.8, 4) is 0 Å². The van der Waals surface area contributed by atoms with Gasteiger partial charge in [0.15, 0.2) is 0 Å². The molecular weight excluding hydrogens is 836 g/mol. The van der Waals surface area contributed by atoms with Gasteiger partial charge in [0.25, 0.3) is 11.8 Å². The summed E-state index contributed by atoms with van der Waals surface area (Å²) in [6.45, 7) is 4.16. The van der Waals surface area contributed by atoms with E-state index in [-0.39, 0.29) is 18.2 Å². The molecule has 1 aromatic heterocycles. The number of nitrogens with zero attached hydrogens (tertiary/aromatic N) is 1. The summed E-state index contributed by atoms with van der Waals surface area (Å²) in [4.78, 5) is 59.1. The third-order valence-electron chi connectivity index (χ3n) is 9.58. The molecule has 9 nitrogen and oxygen atoms in total. The lowest BCUT2D eigenvalue weighted by molar-refractivity contribution is -0.116. The number of nitrogens with one attached hydrogen (secondary N) is 3. The summed E-state index contributed by atoms with van der Waals surface area (Å²) >= 11 is 15.3. The van der Waals surface area contributed by atoms with E-state index in [4.69, 9.17) is 27.9 Å². The van der Waals surface area contributed by atoms with Crippen LogP contribution in [0.15, 0.2) is 144 Å². The summed E-state index contributed by atoms with van der Waals surface area (Å²) in [6, 6.07) is 40.1. The molecule has 0 aliphatic carbocycles. The lowest BCUT2D eigenvalue weighted by Crippen LogP contribution is -2.30. The van der Waals surface area contributed by atoms with Gasteiger partial charge in [-0.3, -0.25) is 19.3 Å². The molecule has 0 saturated heterocycles. The Morgan fingerprint density at radius 3 is 2.28 bits per heavy atom. The van der Waals surface area contributed by atoms with Crippen LogP contribution in [0.25, 0.3) is 6.08 Å². The van der Waals surface area contributed by atoms with Crippen LogP contribution >= 0.6 is 46.3 Å². The van der Waals surface area contributed by atoms with Crippen molar-refractivity contribution in [2.45, 2.75) is 36.6 Å². The first kappa shape index (κ1) is 42.4. The van der Waals surface area contributed by atoms with Crippen LogP contribution in [-0.2, 0) is 33.8 Å². The number of thiophene rings is 1. The molecular formula is C47H40Cl2N4O5S2. The van der Waals surface area contributed by atoms with Gasteiger partial charge in [-0.25, -0.2) is 4.79 Å². The number of anilines is 2. The maximum Gasteiger partial charge on any atom is 0.341 e. The van der Waals surface area contributed by atoms with Gasteiger partial charge in [-0.2, -0.15) is 0 Å². The van der Waals surface area contributed by atoms with Crippen molar-refractivity contribution in [3.63, 3.8) is 0 Å². The van der Waals surface area contributed by atoms with Crippen molar-refractivity contribution in [1.29, 1.82) is 0 Å². The minimum absolute atomic E-state index is 0.0492. The van der Waals surface area contributed by atoms with E-state index in [1.54, 1.807) is 73.7 Å². The molecule has 1 unspecified atom stereocenters. The number of ether oxygens (including phenoxy) is 1. The Morgan fingerprint density at radius 2 is 1.57 bits per heavy atom. The fourth-order valence-corrected chi connectivity index (χ4v) is 9.54. The van der Waals surface area contributed by atoms with Crippen molar-refractivity contribution in [2.24, 2.45) is 0 Å². The molecule has 3 amide bonds. The van der Waals surface area contributed by atoms with Crippen LogP contribution in [0.3, 0.4) is 0 Å². The Kier molecular flexibility index (Phi) is 14.2. The molecule has 1 atom stereocenters. The number of halogens is 2. The number of carbonyl (C=O) groups excluding carboxylic acids is 4. The van der Waals surface area contributed by atoms with Crippen molar-refractivity contribution < 1.29 is 23.9 Å². The summed E-state index contributed by atoms with van der Waals surface area (Å²) in [5.74, 6) is -1.86. The highest BCUT2D eigenvalue weighted by Crippen LogP contribution is 2.41.